The van der Waals surface area contributed by atoms with E-state index < -0.39 is 5.82 Å². The Kier molecular flexibility index (Phi) is 5.48. The summed E-state index contributed by atoms with van der Waals surface area (Å²) in [6.45, 7) is 1.67. The molecule has 1 aliphatic rings. The fraction of sp³-hybridized carbons (Fsp3) is 0.368. The van der Waals surface area contributed by atoms with Gasteiger partial charge >= 0.3 is 0 Å². The van der Waals surface area contributed by atoms with E-state index in [-0.39, 0.29) is 24.1 Å². The van der Waals surface area contributed by atoms with Crippen LogP contribution in [0.15, 0.2) is 42.6 Å². The van der Waals surface area contributed by atoms with E-state index in [1.165, 1.54) is 13.2 Å². The van der Waals surface area contributed by atoms with Gasteiger partial charge in [-0.3, -0.25) is 4.79 Å². The van der Waals surface area contributed by atoms with E-state index in [2.05, 4.69) is 15.2 Å². The van der Waals surface area contributed by atoms with Gasteiger partial charge in [0.15, 0.2) is 11.6 Å². The van der Waals surface area contributed by atoms with Crippen molar-refractivity contribution in [2.24, 2.45) is 0 Å². The molecule has 1 aliphatic heterocycles. The van der Waals surface area contributed by atoms with Crippen molar-refractivity contribution in [2.45, 2.75) is 25.3 Å². The van der Waals surface area contributed by atoms with Crippen molar-refractivity contribution < 1.29 is 13.9 Å². The van der Waals surface area contributed by atoms with Gasteiger partial charge in [0.05, 0.1) is 13.5 Å². The zero-order valence-electron chi connectivity index (χ0n) is 14.2. The van der Waals surface area contributed by atoms with Crippen LogP contribution in [0.5, 0.6) is 5.75 Å². The minimum Gasteiger partial charge on any atom is -0.494 e. The molecule has 5 nitrogen and oxygen atoms in total. The van der Waals surface area contributed by atoms with Gasteiger partial charge in [0.1, 0.15) is 5.82 Å². The maximum Gasteiger partial charge on any atom is 0.224 e. The van der Waals surface area contributed by atoms with Gasteiger partial charge < -0.3 is 15.0 Å². The first-order chi connectivity index (χ1) is 12.2. The summed E-state index contributed by atoms with van der Waals surface area (Å²) in [5.74, 6) is 0.561. The molecule has 1 atom stereocenters. The molecular weight excluding hydrogens is 321 g/mol. The van der Waals surface area contributed by atoms with E-state index >= 15 is 0 Å². The number of ether oxygens (including phenoxy) is 1. The number of carbonyl (C=O) groups is 1. The van der Waals surface area contributed by atoms with Gasteiger partial charge in [0.25, 0.3) is 0 Å². The van der Waals surface area contributed by atoms with Gasteiger partial charge in [-0.25, -0.2) is 9.37 Å². The monoisotopic (exact) mass is 343 g/mol. The molecule has 0 bridgehead atoms. The lowest BCUT2D eigenvalue weighted by molar-refractivity contribution is -0.121. The van der Waals surface area contributed by atoms with Crippen molar-refractivity contribution in [3.05, 3.63) is 54.0 Å². The summed E-state index contributed by atoms with van der Waals surface area (Å²) in [7, 11) is 1.42. The van der Waals surface area contributed by atoms with Crippen LogP contribution < -0.4 is 15.0 Å². The molecular formula is C19H22FN3O2. The average Bonchev–Trinajstić information content (AvgIpc) is 2.63. The number of halogens is 1. The van der Waals surface area contributed by atoms with E-state index in [0.29, 0.717) is 5.56 Å². The van der Waals surface area contributed by atoms with E-state index in [0.717, 1.165) is 31.7 Å². The second kappa shape index (κ2) is 7.96. The van der Waals surface area contributed by atoms with Crippen molar-refractivity contribution >= 4 is 11.7 Å². The Balaban J connectivity index is 1.56. The van der Waals surface area contributed by atoms with Crippen LogP contribution >= 0.6 is 0 Å². The molecule has 0 spiro atoms. The molecule has 1 N–H and O–H groups in total. The van der Waals surface area contributed by atoms with E-state index in [9.17, 15) is 9.18 Å². The molecule has 0 saturated carbocycles. The quantitative estimate of drug-likeness (QED) is 0.907. The SMILES string of the molecule is COc1ccc(CC(=O)N[C@H]2CCCN(c3ccccn3)C2)cc1F. The maximum atomic E-state index is 13.7. The van der Waals surface area contributed by atoms with Crippen LogP contribution in [0.4, 0.5) is 10.2 Å². The zero-order valence-corrected chi connectivity index (χ0v) is 14.2. The van der Waals surface area contributed by atoms with Crippen LogP contribution in [-0.4, -0.2) is 37.1 Å². The van der Waals surface area contributed by atoms with Gasteiger partial charge in [-0.15, -0.1) is 0 Å². The minimum absolute atomic E-state index is 0.0753. The number of benzene rings is 1. The Morgan fingerprint density at radius 3 is 3.00 bits per heavy atom. The van der Waals surface area contributed by atoms with Crippen molar-refractivity contribution in [3.63, 3.8) is 0 Å². The normalized spacial score (nSPS) is 17.2. The molecule has 1 aromatic carbocycles. The number of methoxy groups -OCH3 is 1. The highest BCUT2D eigenvalue weighted by molar-refractivity contribution is 5.79. The molecule has 1 aromatic heterocycles. The predicted molar refractivity (Wildman–Crippen MR) is 94.3 cm³/mol. The van der Waals surface area contributed by atoms with Crippen LogP contribution in [0.1, 0.15) is 18.4 Å². The lowest BCUT2D eigenvalue weighted by atomic mass is 10.0. The lowest BCUT2D eigenvalue weighted by Gasteiger charge is -2.34. The summed E-state index contributed by atoms with van der Waals surface area (Å²) in [5.41, 5.74) is 0.633. The van der Waals surface area contributed by atoms with Gasteiger partial charge in [-0.05, 0) is 42.7 Å². The largest absolute Gasteiger partial charge is 0.494 e. The topological polar surface area (TPSA) is 54.5 Å². The van der Waals surface area contributed by atoms with Crippen LogP contribution in [0.3, 0.4) is 0 Å². The Morgan fingerprint density at radius 1 is 1.40 bits per heavy atom. The smallest absolute Gasteiger partial charge is 0.224 e. The van der Waals surface area contributed by atoms with Crippen molar-refractivity contribution in [2.75, 3.05) is 25.1 Å². The number of hydrogen-bond acceptors (Lipinski definition) is 4. The molecule has 25 heavy (non-hydrogen) atoms. The lowest BCUT2D eigenvalue weighted by Crippen LogP contribution is -2.48. The summed E-state index contributed by atoms with van der Waals surface area (Å²) in [5, 5.41) is 3.05. The Bertz CT molecular complexity index is 724. The number of anilines is 1. The zero-order chi connectivity index (χ0) is 17.6. The number of rotatable bonds is 5. The molecule has 1 fully saturated rings. The second-order valence-electron chi connectivity index (χ2n) is 6.19. The van der Waals surface area contributed by atoms with Crippen LogP contribution in [0, 0.1) is 5.82 Å². The number of aromatic nitrogens is 1. The fourth-order valence-electron chi connectivity index (χ4n) is 3.13. The third-order valence-corrected chi connectivity index (χ3v) is 4.34. The first-order valence-corrected chi connectivity index (χ1v) is 8.43. The highest BCUT2D eigenvalue weighted by atomic mass is 19.1. The first kappa shape index (κ1) is 17.2. The van der Waals surface area contributed by atoms with E-state index in [4.69, 9.17) is 4.74 Å². The third-order valence-electron chi connectivity index (χ3n) is 4.34. The standard InChI is InChI=1S/C19H22FN3O2/c1-25-17-8-7-14(11-16(17)20)12-19(24)22-15-5-4-10-23(13-15)18-6-2-3-9-21-18/h2-3,6-9,11,15H,4-5,10,12-13H2,1H3,(H,22,24)/t15-/m0/s1. The minimum atomic E-state index is -0.452. The Morgan fingerprint density at radius 2 is 2.28 bits per heavy atom. The Labute approximate surface area is 146 Å². The third kappa shape index (κ3) is 4.47. The van der Waals surface area contributed by atoms with Gasteiger partial charge in [-0.2, -0.15) is 0 Å². The molecule has 6 heteroatoms. The molecule has 1 amide bonds. The van der Waals surface area contributed by atoms with Gasteiger partial charge in [0, 0.05) is 25.3 Å². The summed E-state index contributed by atoms with van der Waals surface area (Å²) in [4.78, 5) is 18.8. The number of pyridine rings is 1. The predicted octanol–water partition coefficient (Wildman–Crippen LogP) is 2.56. The molecule has 0 aliphatic carbocycles. The number of nitrogens with one attached hydrogen (secondary N) is 1. The molecule has 1 saturated heterocycles. The molecule has 0 radical (unpaired) electrons. The number of hydrogen-bond donors (Lipinski definition) is 1. The van der Waals surface area contributed by atoms with Crippen molar-refractivity contribution in [3.8, 4) is 5.75 Å². The number of carbonyl (C=O) groups excluding carboxylic acids is 1. The van der Waals surface area contributed by atoms with Crippen LogP contribution in [-0.2, 0) is 11.2 Å². The number of nitrogens with zero attached hydrogens (tertiary/aromatic N) is 2. The molecule has 3 rings (SSSR count). The Hall–Kier alpha value is -2.63. The summed E-state index contributed by atoms with van der Waals surface area (Å²) in [6.07, 6.45) is 3.86. The highest BCUT2D eigenvalue weighted by Gasteiger charge is 2.22. The average molecular weight is 343 g/mol. The van der Waals surface area contributed by atoms with E-state index in [1.807, 2.05) is 18.2 Å². The van der Waals surface area contributed by atoms with Gasteiger partial charge in [-0.1, -0.05) is 12.1 Å². The molecule has 2 aromatic rings. The first-order valence-electron chi connectivity index (χ1n) is 8.43. The highest BCUT2D eigenvalue weighted by Crippen LogP contribution is 2.19. The summed E-state index contributed by atoms with van der Waals surface area (Å²) < 4.78 is 18.6. The summed E-state index contributed by atoms with van der Waals surface area (Å²) >= 11 is 0. The van der Waals surface area contributed by atoms with Crippen LogP contribution in [0.2, 0.25) is 0 Å². The van der Waals surface area contributed by atoms with E-state index in [1.54, 1.807) is 18.3 Å². The molecule has 132 valence electrons. The number of amides is 1. The molecule has 0 unspecified atom stereocenters. The van der Waals surface area contributed by atoms with Crippen molar-refractivity contribution in [1.29, 1.82) is 0 Å². The van der Waals surface area contributed by atoms with Gasteiger partial charge in [0.2, 0.25) is 5.91 Å². The van der Waals surface area contributed by atoms with Crippen molar-refractivity contribution in [1.82, 2.24) is 10.3 Å². The second-order valence-corrected chi connectivity index (χ2v) is 6.19. The molecule has 2 heterocycles. The summed E-state index contributed by atoms with van der Waals surface area (Å²) in [6, 6.07) is 10.5. The maximum absolute atomic E-state index is 13.7. The number of piperidine rings is 1. The fourth-order valence-corrected chi connectivity index (χ4v) is 3.13. The van der Waals surface area contributed by atoms with Crippen LogP contribution in [0.25, 0.3) is 0 Å².